The van der Waals surface area contributed by atoms with Gasteiger partial charge in [0.15, 0.2) is 0 Å². The van der Waals surface area contributed by atoms with Gasteiger partial charge >= 0.3 is 0 Å². The molecule has 1 aliphatic carbocycles. The highest BCUT2D eigenvalue weighted by atomic mass is 32.1. The summed E-state index contributed by atoms with van der Waals surface area (Å²) < 4.78 is 0. The number of anilines is 2. The van der Waals surface area contributed by atoms with Gasteiger partial charge in [-0.05, 0) is 31.9 Å². The average Bonchev–Trinajstić information content (AvgIpc) is 3.20. The number of nitro groups is 1. The molecule has 2 aromatic rings. The van der Waals surface area contributed by atoms with E-state index < -0.39 is 10.8 Å². The molecule has 1 saturated carbocycles. The van der Waals surface area contributed by atoms with E-state index >= 15 is 0 Å². The Morgan fingerprint density at radius 3 is 2.77 bits per heavy atom. The van der Waals surface area contributed by atoms with Crippen LogP contribution in [0.15, 0.2) is 18.2 Å². The van der Waals surface area contributed by atoms with Crippen molar-refractivity contribution in [1.82, 2.24) is 10.2 Å². The number of nitro benzene ring substituents is 1. The second-order valence-corrected chi connectivity index (χ2v) is 6.17. The number of rotatable bonds is 5. The zero-order chi connectivity index (χ0) is 15.7. The SMILES string of the molecule is Cc1nnc(NC(=O)c2ccc(NC3CC3)c([N+](=O)[O-])c2)s1. The summed E-state index contributed by atoms with van der Waals surface area (Å²) in [7, 11) is 0. The number of nitrogens with zero attached hydrogens (tertiary/aromatic N) is 3. The molecule has 2 N–H and O–H groups in total. The molecule has 0 unspecified atom stereocenters. The summed E-state index contributed by atoms with van der Waals surface area (Å²) in [5, 5.41) is 25.5. The molecule has 1 fully saturated rings. The first-order valence-corrected chi connectivity index (χ1v) is 7.51. The van der Waals surface area contributed by atoms with Crippen LogP contribution in [0.1, 0.15) is 28.2 Å². The van der Waals surface area contributed by atoms with E-state index in [9.17, 15) is 14.9 Å². The quantitative estimate of drug-likeness (QED) is 0.647. The van der Waals surface area contributed by atoms with Crippen molar-refractivity contribution in [1.29, 1.82) is 0 Å². The number of aromatic nitrogens is 2. The van der Waals surface area contributed by atoms with Crippen LogP contribution in [0.5, 0.6) is 0 Å². The molecule has 22 heavy (non-hydrogen) atoms. The van der Waals surface area contributed by atoms with E-state index in [0.717, 1.165) is 17.8 Å². The van der Waals surface area contributed by atoms with Crippen molar-refractivity contribution in [2.45, 2.75) is 25.8 Å². The van der Waals surface area contributed by atoms with Crippen LogP contribution < -0.4 is 10.6 Å². The van der Waals surface area contributed by atoms with Crippen LogP contribution in [0, 0.1) is 17.0 Å². The Labute approximate surface area is 129 Å². The Kier molecular flexibility index (Phi) is 3.72. The van der Waals surface area contributed by atoms with Crippen molar-refractivity contribution in [3.05, 3.63) is 38.9 Å². The summed E-state index contributed by atoms with van der Waals surface area (Å²) >= 11 is 1.24. The minimum Gasteiger partial charge on any atom is -0.377 e. The maximum absolute atomic E-state index is 12.1. The molecule has 114 valence electrons. The fourth-order valence-corrected chi connectivity index (χ4v) is 2.50. The van der Waals surface area contributed by atoms with Crippen LogP contribution in [0.2, 0.25) is 0 Å². The minimum atomic E-state index is -0.489. The smallest absolute Gasteiger partial charge is 0.293 e. The molecule has 1 aromatic heterocycles. The van der Waals surface area contributed by atoms with Crippen LogP contribution in [-0.2, 0) is 0 Å². The zero-order valence-corrected chi connectivity index (χ0v) is 12.5. The Morgan fingerprint density at radius 1 is 1.41 bits per heavy atom. The topological polar surface area (TPSA) is 110 Å². The number of amides is 1. The second kappa shape index (κ2) is 5.68. The van der Waals surface area contributed by atoms with Crippen LogP contribution in [0.25, 0.3) is 0 Å². The molecule has 1 aromatic carbocycles. The fraction of sp³-hybridized carbons (Fsp3) is 0.308. The average molecular weight is 319 g/mol. The first-order valence-electron chi connectivity index (χ1n) is 6.69. The van der Waals surface area contributed by atoms with Crippen LogP contribution in [0.4, 0.5) is 16.5 Å². The Balaban J connectivity index is 1.82. The molecule has 3 rings (SSSR count). The van der Waals surface area contributed by atoms with Crippen molar-refractivity contribution in [2.24, 2.45) is 0 Å². The third-order valence-corrected chi connectivity index (χ3v) is 3.89. The van der Waals surface area contributed by atoms with Gasteiger partial charge in [-0.1, -0.05) is 11.3 Å². The van der Waals surface area contributed by atoms with Gasteiger partial charge in [0.1, 0.15) is 10.7 Å². The normalized spacial score (nSPS) is 13.7. The van der Waals surface area contributed by atoms with E-state index in [-0.39, 0.29) is 11.3 Å². The lowest BCUT2D eigenvalue weighted by molar-refractivity contribution is -0.384. The molecular weight excluding hydrogens is 306 g/mol. The highest BCUT2D eigenvalue weighted by Crippen LogP contribution is 2.31. The maximum atomic E-state index is 12.1. The van der Waals surface area contributed by atoms with E-state index in [1.54, 1.807) is 19.1 Å². The highest BCUT2D eigenvalue weighted by Gasteiger charge is 2.25. The Hall–Kier alpha value is -2.55. The monoisotopic (exact) mass is 319 g/mol. The zero-order valence-electron chi connectivity index (χ0n) is 11.7. The summed E-state index contributed by atoms with van der Waals surface area (Å²) in [6.07, 6.45) is 2.02. The van der Waals surface area contributed by atoms with Gasteiger partial charge in [-0.2, -0.15) is 0 Å². The molecular formula is C13H13N5O3S. The van der Waals surface area contributed by atoms with Gasteiger partial charge in [-0.3, -0.25) is 20.2 Å². The molecule has 0 saturated heterocycles. The first-order chi connectivity index (χ1) is 10.5. The lowest BCUT2D eigenvalue weighted by Gasteiger charge is -2.07. The number of carbonyl (C=O) groups excluding carboxylic acids is 1. The molecule has 0 spiro atoms. The third kappa shape index (κ3) is 3.19. The summed E-state index contributed by atoms with van der Waals surface area (Å²) in [6, 6.07) is 4.69. The number of hydrogen-bond acceptors (Lipinski definition) is 7. The van der Waals surface area contributed by atoms with E-state index in [4.69, 9.17) is 0 Å². The van der Waals surface area contributed by atoms with Gasteiger partial charge in [0, 0.05) is 17.7 Å². The van der Waals surface area contributed by atoms with E-state index in [1.807, 2.05) is 0 Å². The van der Waals surface area contributed by atoms with Crippen LogP contribution >= 0.6 is 11.3 Å². The number of carbonyl (C=O) groups is 1. The predicted octanol–water partition coefficient (Wildman–Crippen LogP) is 2.58. The van der Waals surface area contributed by atoms with Gasteiger partial charge in [-0.25, -0.2) is 0 Å². The first kappa shape index (κ1) is 14.4. The van der Waals surface area contributed by atoms with Crippen molar-refractivity contribution in [3.63, 3.8) is 0 Å². The number of aryl methyl sites for hydroxylation is 1. The number of hydrogen-bond donors (Lipinski definition) is 2. The van der Waals surface area contributed by atoms with Crippen molar-refractivity contribution in [3.8, 4) is 0 Å². The van der Waals surface area contributed by atoms with E-state index in [0.29, 0.717) is 16.9 Å². The van der Waals surface area contributed by atoms with Crippen molar-refractivity contribution >= 4 is 33.8 Å². The largest absolute Gasteiger partial charge is 0.377 e. The molecule has 0 aliphatic heterocycles. The lowest BCUT2D eigenvalue weighted by Crippen LogP contribution is -2.13. The summed E-state index contributed by atoms with van der Waals surface area (Å²) in [4.78, 5) is 22.8. The summed E-state index contributed by atoms with van der Waals surface area (Å²) in [5.41, 5.74) is 0.546. The highest BCUT2D eigenvalue weighted by molar-refractivity contribution is 7.15. The van der Waals surface area contributed by atoms with Crippen LogP contribution in [0.3, 0.4) is 0 Å². The Morgan fingerprint density at radius 2 is 2.18 bits per heavy atom. The van der Waals surface area contributed by atoms with Gasteiger partial charge in [0.2, 0.25) is 5.13 Å². The maximum Gasteiger partial charge on any atom is 0.293 e. The molecule has 8 nitrogen and oxygen atoms in total. The molecule has 0 radical (unpaired) electrons. The molecule has 9 heteroatoms. The second-order valence-electron chi connectivity index (χ2n) is 4.99. The predicted molar refractivity (Wildman–Crippen MR) is 82.3 cm³/mol. The number of benzene rings is 1. The standard InChI is InChI=1S/C13H13N5O3S/c1-7-16-17-13(22-7)15-12(19)8-2-5-10(14-9-3-4-9)11(6-8)18(20)21/h2,5-6,9,14H,3-4H2,1H3,(H,15,17,19). The van der Waals surface area contributed by atoms with Crippen molar-refractivity contribution in [2.75, 3.05) is 10.6 Å². The molecule has 1 aliphatic rings. The van der Waals surface area contributed by atoms with Gasteiger partial charge in [0.05, 0.1) is 4.92 Å². The molecule has 0 atom stereocenters. The van der Waals surface area contributed by atoms with Gasteiger partial charge < -0.3 is 5.32 Å². The van der Waals surface area contributed by atoms with E-state index in [1.165, 1.54) is 17.4 Å². The lowest BCUT2D eigenvalue weighted by atomic mass is 10.1. The minimum absolute atomic E-state index is 0.104. The molecule has 1 heterocycles. The van der Waals surface area contributed by atoms with Gasteiger partial charge in [-0.15, -0.1) is 10.2 Å². The van der Waals surface area contributed by atoms with Crippen molar-refractivity contribution < 1.29 is 9.72 Å². The Bertz CT molecular complexity index is 741. The summed E-state index contributed by atoms with van der Waals surface area (Å²) in [6.45, 7) is 1.77. The fourth-order valence-electron chi connectivity index (χ4n) is 1.91. The molecule has 1 amide bonds. The van der Waals surface area contributed by atoms with Gasteiger partial charge in [0.25, 0.3) is 11.6 Å². The molecule has 0 bridgehead atoms. The van der Waals surface area contributed by atoms with Crippen LogP contribution in [-0.4, -0.2) is 27.1 Å². The third-order valence-electron chi connectivity index (χ3n) is 3.14. The summed E-state index contributed by atoms with van der Waals surface area (Å²) in [5.74, 6) is -0.447. The number of nitrogens with one attached hydrogen (secondary N) is 2. The van der Waals surface area contributed by atoms with E-state index in [2.05, 4.69) is 20.8 Å².